The van der Waals surface area contributed by atoms with Crippen molar-refractivity contribution >= 4 is 20.9 Å². The van der Waals surface area contributed by atoms with Crippen molar-refractivity contribution in [3.8, 4) is 0 Å². The Kier molecular flexibility index (Phi) is 4.04. The van der Waals surface area contributed by atoms with Gasteiger partial charge in [-0.3, -0.25) is 0 Å². The molecular formula is C18H16F3N3O2S. The topological polar surface area (TPSA) is 78.0 Å². The fourth-order valence-electron chi connectivity index (χ4n) is 3.59. The average Bonchev–Trinajstić information content (AvgIpc) is 2.93. The lowest BCUT2D eigenvalue weighted by molar-refractivity contribution is 0.391. The molecule has 0 amide bonds. The van der Waals surface area contributed by atoms with E-state index in [-0.39, 0.29) is 23.4 Å². The summed E-state index contributed by atoms with van der Waals surface area (Å²) in [5.41, 5.74) is 7.43. The predicted molar refractivity (Wildman–Crippen MR) is 93.6 cm³/mol. The lowest BCUT2D eigenvalue weighted by Gasteiger charge is -2.30. The molecular weight excluding hydrogens is 379 g/mol. The average molecular weight is 395 g/mol. The fourth-order valence-corrected chi connectivity index (χ4v) is 4.23. The lowest BCUT2D eigenvalue weighted by atomic mass is 9.86. The van der Waals surface area contributed by atoms with Gasteiger partial charge in [0.2, 0.25) is 0 Å². The highest BCUT2D eigenvalue weighted by atomic mass is 32.2. The molecule has 27 heavy (non-hydrogen) atoms. The molecule has 0 saturated carbocycles. The van der Waals surface area contributed by atoms with Gasteiger partial charge in [-0.1, -0.05) is 0 Å². The third-order valence-electron chi connectivity index (χ3n) is 4.98. The standard InChI is InChI=1S/C18H16F3N3O2S/c1-27(25,26)9-2-3-16-17(4-9)24-8-15(22)11(6-18(24)23-16)10-5-13(20)14(21)7-12(10)19/h2-5,7,11,15H,6,8,22H2,1H3/t11-,15?/m1/s1. The van der Waals surface area contributed by atoms with Crippen LogP contribution in [0.15, 0.2) is 35.2 Å². The smallest absolute Gasteiger partial charge is 0.175 e. The van der Waals surface area contributed by atoms with E-state index in [0.29, 0.717) is 22.9 Å². The molecule has 0 fully saturated rings. The van der Waals surface area contributed by atoms with Crippen LogP contribution < -0.4 is 5.73 Å². The monoisotopic (exact) mass is 395 g/mol. The number of hydrogen-bond donors (Lipinski definition) is 1. The Bertz CT molecular complexity index is 1170. The van der Waals surface area contributed by atoms with Crippen molar-refractivity contribution in [2.45, 2.75) is 29.8 Å². The summed E-state index contributed by atoms with van der Waals surface area (Å²) in [6.07, 6.45) is 1.35. The molecule has 1 unspecified atom stereocenters. The summed E-state index contributed by atoms with van der Waals surface area (Å²) in [5, 5.41) is 0. The van der Waals surface area contributed by atoms with E-state index in [1.54, 1.807) is 10.6 Å². The summed E-state index contributed by atoms with van der Waals surface area (Å²) in [6.45, 7) is 0.252. The molecule has 0 aliphatic carbocycles. The number of benzene rings is 2. The Balaban J connectivity index is 1.80. The summed E-state index contributed by atoms with van der Waals surface area (Å²) in [6, 6.07) is 5.41. The first-order valence-corrected chi connectivity index (χ1v) is 10.1. The van der Waals surface area contributed by atoms with Crippen LogP contribution in [0.3, 0.4) is 0 Å². The van der Waals surface area contributed by atoms with Crippen LogP contribution in [0.2, 0.25) is 0 Å². The van der Waals surface area contributed by atoms with Crippen molar-refractivity contribution in [2.24, 2.45) is 5.73 Å². The molecule has 9 heteroatoms. The molecule has 4 rings (SSSR count). The van der Waals surface area contributed by atoms with E-state index in [4.69, 9.17) is 5.73 Å². The number of rotatable bonds is 2. The van der Waals surface area contributed by atoms with Gasteiger partial charge in [0.15, 0.2) is 21.5 Å². The molecule has 2 atom stereocenters. The maximum Gasteiger partial charge on any atom is 0.175 e. The lowest BCUT2D eigenvalue weighted by Crippen LogP contribution is -2.39. The van der Waals surface area contributed by atoms with Crippen LogP contribution in [0.1, 0.15) is 17.3 Å². The van der Waals surface area contributed by atoms with Crippen molar-refractivity contribution in [3.63, 3.8) is 0 Å². The second kappa shape index (κ2) is 6.07. The van der Waals surface area contributed by atoms with Gasteiger partial charge < -0.3 is 10.3 Å². The zero-order valence-electron chi connectivity index (χ0n) is 14.3. The van der Waals surface area contributed by atoms with Crippen molar-refractivity contribution in [2.75, 3.05) is 6.26 Å². The van der Waals surface area contributed by atoms with Crippen molar-refractivity contribution in [3.05, 3.63) is 59.2 Å². The normalized spacial score (nSPS) is 20.0. The first-order valence-electron chi connectivity index (χ1n) is 8.24. The molecule has 0 saturated heterocycles. The largest absolute Gasteiger partial charge is 0.326 e. The molecule has 0 bridgehead atoms. The number of sulfone groups is 1. The molecule has 2 aromatic carbocycles. The Hall–Kier alpha value is -2.39. The highest BCUT2D eigenvalue weighted by Crippen LogP contribution is 2.34. The second-order valence-corrected chi connectivity index (χ2v) is 8.84. The molecule has 1 aromatic heterocycles. The van der Waals surface area contributed by atoms with Crippen LogP contribution >= 0.6 is 0 Å². The van der Waals surface area contributed by atoms with Crippen LogP contribution in [0.4, 0.5) is 13.2 Å². The number of halogens is 3. The number of aromatic nitrogens is 2. The Labute approximate surface area is 153 Å². The second-order valence-electron chi connectivity index (χ2n) is 6.82. The number of imidazole rings is 1. The van der Waals surface area contributed by atoms with Gasteiger partial charge in [0.05, 0.1) is 15.9 Å². The molecule has 1 aliphatic heterocycles. The quantitative estimate of drug-likeness (QED) is 0.677. The van der Waals surface area contributed by atoms with Crippen LogP contribution in [0, 0.1) is 17.5 Å². The minimum atomic E-state index is -3.38. The van der Waals surface area contributed by atoms with Crippen LogP contribution in [-0.2, 0) is 22.8 Å². The number of hydrogen-bond acceptors (Lipinski definition) is 4. The van der Waals surface area contributed by atoms with Gasteiger partial charge in [-0.15, -0.1) is 0 Å². The molecule has 3 aromatic rings. The Morgan fingerprint density at radius 3 is 2.52 bits per heavy atom. The third-order valence-corrected chi connectivity index (χ3v) is 6.09. The Morgan fingerprint density at radius 2 is 1.81 bits per heavy atom. The zero-order chi connectivity index (χ0) is 19.5. The highest BCUT2D eigenvalue weighted by molar-refractivity contribution is 7.90. The van der Waals surface area contributed by atoms with Crippen molar-refractivity contribution in [1.29, 1.82) is 0 Å². The summed E-state index contributed by atoms with van der Waals surface area (Å²) in [5.74, 6) is -3.21. The summed E-state index contributed by atoms with van der Waals surface area (Å²) in [7, 11) is -3.38. The van der Waals surface area contributed by atoms with E-state index < -0.39 is 39.2 Å². The van der Waals surface area contributed by atoms with Crippen molar-refractivity contribution in [1.82, 2.24) is 9.55 Å². The molecule has 1 aliphatic rings. The van der Waals surface area contributed by atoms with Gasteiger partial charge in [0.25, 0.3) is 0 Å². The first-order chi connectivity index (χ1) is 12.6. The summed E-state index contributed by atoms with van der Waals surface area (Å²) in [4.78, 5) is 4.65. The molecule has 2 N–H and O–H groups in total. The fraction of sp³-hybridized carbons (Fsp3) is 0.278. The SMILES string of the molecule is CS(=O)(=O)c1ccc2nc3n(c2c1)CC(N)[C@@H](c1cc(F)c(F)cc1F)C3. The van der Waals surface area contributed by atoms with Crippen LogP contribution in [0.5, 0.6) is 0 Å². The third kappa shape index (κ3) is 3.00. The summed E-state index contributed by atoms with van der Waals surface area (Å²) >= 11 is 0. The Morgan fingerprint density at radius 1 is 1.11 bits per heavy atom. The van der Waals surface area contributed by atoms with Crippen LogP contribution in [0.25, 0.3) is 11.0 Å². The van der Waals surface area contributed by atoms with Crippen molar-refractivity contribution < 1.29 is 21.6 Å². The number of nitrogens with zero attached hydrogens (tertiary/aromatic N) is 2. The maximum absolute atomic E-state index is 14.2. The summed E-state index contributed by atoms with van der Waals surface area (Å²) < 4.78 is 66.4. The first kappa shape index (κ1) is 18.0. The van der Waals surface area contributed by atoms with E-state index >= 15 is 0 Å². The van der Waals surface area contributed by atoms with Crippen LogP contribution in [-0.4, -0.2) is 30.3 Å². The number of nitrogens with two attached hydrogens (primary N) is 1. The number of fused-ring (bicyclic) bond motifs is 3. The predicted octanol–water partition coefficient (Wildman–Crippen LogP) is 2.52. The van der Waals surface area contributed by atoms with E-state index in [0.717, 1.165) is 12.3 Å². The van der Waals surface area contributed by atoms with Gasteiger partial charge >= 0.3 is 0 Å². The molecule has 0 radical (unpaired) electrons. The maximum atomic E-state index is 14.2. The van der Waals surface area contributed by atoms with Gasteiger partial charge in [0, 0.05) is 37.2 Å². The van der Waals surface area contributed by atoms with E-state index in [1.807, 2.05) is 0 Å². The highest BCUT2D eigenvalue weighted by Gasteiger charge is 2.32. The minimum absolute atomic E-state index is 0.0107. The van der Waals surface area contributed by atoms with Gasteiger partial charge in [-0.25, -0.2) is 26.6 Å². The molecule has 0 spiro atoms. The van der Waals surface area contributed by atoms with Gasteiger partial charge in [-0.2, -0.15) is 0 Å². The van der Waals surface area contributed by atoms with Gasteiger partial charge in [0.1, 0.15) is 11.6 Å². The molecule has 5 nitrogen and oxygen atoms in total. The van der Waals surface area contributed by atoms with E-state index in [9.17, 15) is 21.6 Å². The van der Waals surface area contributed by atoms with E-state index in [1.165, 1.54) is 12.1 Å². The minimum Gasteiger partial charge on any atom is -0.326 e. The van der Waals surface area contributed by atoms with E-state index in [2.05, 4.69) is 4.98 Å². The zero-order valence-corrected chi connectivity index (χ0v) is 15.1. The van der Waals surface area contributed by atoms with Gasteiger partial charge in [-0.05, 0) is 29.8 Å². The molecule has 142 valence electrons. The molecule has 2 heterocycles.